The van der Waals surface area contributed by atoms with Crippen molar-refractivity contribution >= 4 is 34.6 Å². The molecule has 0 spiro atoms. The molecule has 0 aliphatic rings. The van der Waals surface area contributed by atoms with Gasteiger partial charge in [-0.2, -0.15) is 5.10 Å². The van der Waals surface area contributed by atoms with Crippen molar-refractivity contribution in [2.24, 2.45) is 5.10 Å². The molecule has 2 amide bonds. The van der Waals surface area contributed by atoms with E-state index in [1.165, 1.54) is 16.9 Å². The van der Waals surface area contributed by atoms with Crippen LogP contribution in [0.5, 0.6) is 0 Å². The van der Waals surface area contributed by atoms with Crippen LogP contribution in [0.25, 0.3) is 0 Å². The maximum absolute atomic E-state index is 12.4. The van der Waals surface area contributed by atoms with Gasteiger partial charge in [0.05, 0.1) is 10.6 Å². The molecule has 1 aromatic heterocycles. The summed E-state index contributed by atoms with van der Waals surface area (Å²) in [5.41, 5.74) is 6.48. The molecule has 0 unspecified atom stereocenters. The Morgan fingerprint density at radius 1 is 0.900 bits per heavy atom. The second kappa shape index (κ2) is 9.05. The SMILES string of the molecule is C/C(=N/NC(=O)c1ccc(C(C)(C)C)cc1)c1cccc(NC(=O)c2cccs2)c1. The Morgan fingerprint density at radius 3 is 2.27 bits per heavy atom. The van der Waals surface area contributed by atoms with Crippen LogP contribution in [0.4, 0.5) is 5.69 Å². The molecule has 0 atom stereocenters. The van der Waals surface area contributed by atoms with Gasteiger partial charge in [-0.25, -0.2) is 5.43 Å². The van der Waals surface area contributed by atoms with E-state index in [1.807, 2.05) is 66.9 Å². The number of carbonyl (C=O) groups excluding carboxylic acids is 2. The Morgan fingerprint density at radius 2 is 1.63 bits per heavy atom. The first-order valence-corrected chi connectivity index (χ1v) is 10.5. The lowest BCUT2D eigenvalue weighted by atomic mass is 9.87. The minimum absolute atomic E-state index is 0.0354. The van der Waals surface area contributed by atoms with Crippen molar-refractivity contribution in [2.75, 3.05) is 5.32 Å². The molecule has 2 aromatic carbocycles. The summed E-state index contributed by atoms with van der Waals surface area (Å²) in [5, 5.41) is 8.96. The molecule has 3 aromatic rings. The van der Waals surface area contributed by atoms with E-state index in [0.717, 1.165) is 5.56 Å². The zero-order chi connectivity index (χ0) is 21.7. The number of carbonyl (C=O) groups is 2. The molecule has 2 N–H and O–H groups in total. The van der Waals surface area contributed by atoms with E-state index < -0.39 is 0 Å². The van der Waals surface area contributed by atoms with Crippen molar-refractivity contribution < 1.29 is 9.59 Å². The number of amides is 2. The predicted octanol–water partition coefficient (Wildman–Crippen LogP) is 5.45. The summed E-state index contributed by atoms with van der Waals surface area (Å²) in [6, 6.07) is 18.5. The average Bonchev–Trinajstić information content (AvgIpc) is 3.26. The predicted molar refractivity (Wildman–Crippen MR) is 124 cm³/mol. The smallest absolute Gasteiger partial charge is 0.271 e. The van der Waals surface area contributed by atoms with Gasteiger partial charge in [0.1, 0.15) is 0 Å². The maximum atomic E-state index is 12.4. The van der Waals surface area contributed by atoms with E-state index in [1.54, 1.807) is 6.07 Å². The second-order valence-corrected chi connectivity index (χ2v) is 8.93. The molecule has 6 heteroatoms. The monoisotopic (exact) mass is 419 g/mol. The van der Waals surface area contributed by atoms with Crippen molar-refractivity contribution in [1.82, 2.24) is 5.43 Å². The zero-order valence-corrected chi connectivity index (χ0v) is 18.3. The maximum Gasteiger partial charge on any atom is 0.271 e. The van der Waals surface area contributed by atoms with Gasteiger partial charge < -0.3 is 5.32 Å². The van der Waals surface area contributed by atoms with Crippen LogP contribution in [-0.4, -0.2) is 17.5 Å². The molecular formula is C24H25N3O2S. The molecule has 3 rings (SSSR count). The number of thiophene rings is 1. The highest BCUT2D eigenvalue weighted by atomic mass is 32.1. The van der Waals surface area contributed by atoms with Crippen molar-refractivity contribution in [3.05, 3.63) is 87.6 Å². The third kappa shape index (κ3) is 5.42. The summed E-state index contributed by atoms with van der Waals surface area (Å²) < 4.78 is 0. The number of nitrogens with zero attached hydrogens (tertiary/aromatic N) is 1. The van der Waals surface area contributed by atoms with Gasteiger partial charge in [0.2, 0.25) is 0 Å². The minimum atomic E-state index is -0.267. The van der Waals surface area contributed by atoms with E-state index >= 15 is 0 Å². The van der Waals surface area contributed by atoms with Gasteiger partial charge in [-0.1, -0.05) is 51.1 Å². The first kappa shape index (κ1) is 21.5. The van der Waals surface area contributed by atoms with Gasteiger partial charge >= 0.3 is 0 Å². The van der Waals surface area contributed by atoms with Crippen LogP contribution in [0.2, 0.25) is 0 Å². The number of rotatable bonds is 5. The topological polar surface area (TPSA) is 70.6 Å². The fourth-order valence-electron chi connectivity index (χ4n) is 2.81. The van der Waals surface area contributed by atoms with Crippen LogP contribution < -0.4 is 10.7 Å². The third-order valence-electron chi connectivity index (χ3n) is 4.62. The lowest BCUT2D eigenvalue weighted by Crippen LogP contribution is -2.20. The summed E-state index contributed by atoms with van der Waals surface area (Å²) in [5.74, 6) is -0.416. The summed E-state index contributed by atoms with van der Waals surface area (Å²) >= 11 is 1.39. The summed E-state index contributed by atoms with van der Waals surface area (Å²) in [7, 11) is 0. The van der Waals surface area contributed by atoms with Gasteiger partial charge in [-0.3, -0.25) is 9.59 Å². The van der Waals surface area contributed by atoms with Crippen LogP contribution in [0.1, 0.15) is 58.9 Å². The first-order valence-electron chi connectivity index (χ1n) is 9.64. The van der Waals surface area contributed by atoms with E-state index in [4.69, 9.17) is 0 Å². The van der Waals surface area contributed by atoms with Gasteiger partial charge in [0.15, 0.2) is 0 Å². The van der Waals surface area contributed by atoms with Crippen LogP contribution in [0.3, 0.4) is 0 Å². The van der Waals surface area contributed by atoms with Crippen LogP contribution >= 0.6 is 11.3 Å². The Bertz CT molecular complexity index is 1060. The third-order valence-corrected chi connectivity index (χ3v) is 5.49. The highest BCUT2D eigenvalue weighted by Crippen LogP contribution is 2.22. The van der Waals surface area contributed by atoms with Crippen molar-refractivity contribution in [3.63, 3.8) is 0 Å². The Hall–Kier alpha value is -3.25. The van der Waals surface area contributed by atoms with E-state index in [0.29, 0.717) is 21.8 Å². The normalized spacial score (nSPS) is 11.8. The van der Waals surface area contributed by atoms with Crippen molar-refractivity contribution in [3.8, 4) is 0 Å². The summed E-state index contributed by atoms with van der Waals surface area (Å²) in [6.07, 6.45) is 0. The fourth-order valence-corrected chi connectivity index (χ4v) is 3.43. The molecule has 0 bridgehead atoms. The first-order chi connectivity index (χ1) is 14.2. The van der Waals surface area contributed by atoms with Crippen molar-refractivity contribution in [2.45, 2.75) is 33.1 Å². The fraction of sp³-hybridized carbons (Fsp3) is 0.208. The quantitative estimate of drug-likeness (QED) is 0.426. The average molecular weight is 420 g/mol. The Labute approximate surface area is 180 Å². The molecule has 1 heterocycles. The number of nitrogens with one attached hydrogen (secondary N) is 2. The highest BCUT2D eigenvalue weighted by Gasteiger charge is 2.14. The van der Waals surface area contributed by atoms with Crippen LogP contribution in [0, 0.1) is 0 Å². The Kier molecular flexibility index (Phi) is 6.47. The van der Waals surface area contributed by atoms with Crippen LogP contribution in [-0.2, 0) is 5.41 Å². The van der Waals surface area contributed by atoms with E-state index in [9.17, 15) is 9.59 Å². The standard InChI is InChI=1S/C24H25N3O2S/c1-16(26-27-22(28)17-10-12-19(13-11-17)24(2,3)4)18-7-5-8-20(15-18)25-23(29)21-9-6-14-30-21/h5-15H,1-4H3,(H,25,29)(H,27,28)/b26-16-. The van der Waals surface area contributed by atoms with Gasteiger partial charge in [0.25, 0.3) is 11.8 Å². The minimum Gasteiger partial charge on any atom is -0.321 e. The summed E-state index contributed by atoms with van der Waals surface area (Å²) in [6.45, 7) is 8.20. The highest BCUT2D eigenvalue weighted by molar-refractivity contribution is 7.12. The molecular weight excluding hydrogens is 394 g/mol. The van der Waals surface area contributed by atoms with Crippen molar-refractivity contribution in [1.29, 1.82) is 0 Å². The molecule has 0 radical (unpaired) electrons. The molecule has 0 fully saturated rings. The van der Waals surface area contributed by atoms with Gasteiger partial charge in [-0.15, -0.1) is 11.3 Å². The lowest BCUT2D eigenvalue weighted by Gasteiger charge is -2.18. The Balaban J connectivity index is 1.66. The number of hydrazone groups is 1. The van der Waals surface area contributed by atoms with E-state index in [2.05, 4.69) is 36.6 Å². The molecule has 0 saturated carbocycles. The second-order valence-electron chi connectivity index (χ2n) is 7.98. The molecule has 0 aliphatic heterocycles. The summed E-state index contributed by atoms with van der Waals surface area (Å²) in [4.78, 5) is 25.3. The lowest BCUT2D eigenvalue weighted by molar-refractivity contribution is 0.0954. The molecule has 0 saturated heterocycles. The van der Waals surface area contributed by atoms with Gasteiger partial charge in [-0.05, 0) is 59.2 Å². The number of hydrogen-bond acceptors (Lipinski definition) is 4. The molecule has 0 aliphatic carbocycles. The number of anilines is 1. The number of benzene rings is 2. The van der Waals surface area contributed by atoms with Gasteiger partial charge in [0, 0.05) is 11.3 Å². The van der Waals surface area contributed by atoms with Crippen LogP contribution in [0.15, 0.2) is 71.1 Å². The number of hydrogen-bond donors (Lipinski definition) is 2. The zero-order valence-electron chi connectivity index (χ0n) is 17.5. The molecule has 154 valence electrons. The van der Waals surface area contributed by atoms with E-state index in [-0.39, 0.29) is 17.2 Å². The molecule has 5 nitrogen and oxygen atoms in total. The largest absolute Gasteiger partial charge is 0.321 e. The molecule has 30 heavy (non-hydrogen) atoms.